The third-order valence-electron chi connectivity index (χ3n) is 5.91. The van der Waals surface area contributed by atoms with Crippen LogP contribution in [0.2, 0.25) is 5.02 Å². The molecule has 0 saturated heterocycles. The maximum atomic E-state index is 11.0. The maximum absolute atomic E-state index is 11.0. The molecule has 32 heavy (non-hydrogen) atoms. The standard InChI is InChI=1S/C23H25ClN4O2.2ClH/c24-16-3-10-20-21(11-12-26-22(20)14-16)23(27-18-6-4-17(25)5-7-18)13-15-1-8-19(9-2-15)28(29)30;;/h1-3,8-12,14,17-18,23,27H,4-7,13,25H2;2*1H. The second-order valence-corrected chi connectivity index (χ2v) is 8.46. The van der Waals surface area contributed by atoms with E-state index in [0.29, 0.717) is 17.1 Å². The fourth-order valence-electron chi connectivity index (χ4n) is 4.27. The molecule has 0 amide bonds. The summed E-state index contributed by atoms with van der Waals surface area (Å²) in [6.45, 7) is 0. The third kappa shape index (κ3) is 6.30. The molecule has 0 spiro atoms. The van der Waals surface area contributed by atoms with Crippen LogP contribution in [-0.2, 0) is 6.42 Å². The Balaban J connectivity index is 0.00000181. The summed E-state index contributed by atoms with van der Waals surface area (Å²) in [7, 11) is 0. The molecule has 2 aromatic carbocycles. The molecule has 0 bridgehead atoms. The molecule has 0 aliphatic heterocycles. The number of nitro benzene ring substituents is 1. The second kappa shape index (κ2) is 11.8. The summed E-state index contributed by atoms with van der Waals surface area (Å²) >= 11 is 6.17. The van der Waals surface area contributed by atoms with Crippen molar-refractivity contribution in [2.45, 2.75) is 50.2 Å². The van der Waals surface area contributed by atoms with E-state index in [4.69, 9.17) is 17.3 Å². The highest BCUT2D eigenvalue weighted by atomic mass is 35.5. The van der Waals surface area contributed by atoms with Crippen molar-refractivity contribution in [2.24, 2.45) is 5.73 Å². The Morgan fingerprint density at radius 1 is 1.09 bits per heavy atom. The largest absolute Gasteiger partial charge is 0.328 e. The zero-order valence-corrected chi connectivity index (χ0v) is 19.8. The average molecular weight is 498 g/mol. The van der Waals surface area contributed by atoms with Crippen molar-refractivity contribution in [1.82, 2.24) is 10.3 Å². The second-order valence-electron chi connectivity index (χ2n) is 8.02. The number of halogens is 3. The zero-order valence-electron chi connectivity index (χ0n) is 17.4. The number of aromatic nitrogens is 1. The topological polar surface area (TPSA) is 94.1 Å². The van der Waals surface area contributed by atoms with Gasteiger partial charge in [-0.3, -0.25) is 15.1 Å². The van der Waals surface area contributed by atoms with E-state index in [-0.39, 0.29) is 41.5 Å². The molecule has 4 rings (SSSR count). The van der Waals surface area contributed by atoms with Gasteiger partial charge < -0.3 is 11.1 Å². The molecular weight excluding hydrogens is 471 g/mol. The summed E-state index contributed by atoms with van der Waals surface area (Å²) in [5, 5.41) is 16.5. The smallest absolute Gasteiger partial charge is 0.269 e. The SMILES string of the molecule is Cl.Cl.NC1CCC(NC(Cc2ccc([N+](=O)[O-])cc2)c2ccnc3cc(Cl)ccc23)CC1. The van der Waals surface area contributed by atoms with Gasteiger partial charge >= 0.3 is 0 Å². The highest BCUT2D eigenvalue weighted by molar-refractivity contribution is 6.31. The number of hydrogen-bond acceptors (Lipinski definition) is 5. The molecule has 9 heteroatoms. The molecule has 3 aromatic rings. The Morgan fingerprint density at radius 3 is 2.44 bits per heavy atom. The third-order valence-corrected chi connectivity index (χ3v) is 6.14. The molecule has 1 aromatic heterocycles. The number of nitrogens with two attached hydrogens (primary N) is 1. The quantitative estimate of drug-likeness (QED) is 0.332. The molecule has 6 nitrogen and oxygen atoms in total. The van der Waals surface area contributed by atoms with Crippen LogP contribution >= 0.6 is 36.4 Å². The number of hydrogen-bond donors (Lipinski definition) is 2. The van der Waals surface area contributed by atoms with Gasteiger partial charge in [0.2, 0.25) is 0 Å². The number of fused-ring (bicyclic) bond motifs is 1. The van der Waals surface area contributed by atoms with Crippen molar-refractivity contribution in [3.63, 3.8) is 0 Å². The van der Waals surface area contributed by atoms with Crippen molar-refractivity contribution < 1.29 is 4.92 Å². The lowest BCUT2D eigenvalue weighted by molar-refractivity contribution is -0.384. The maximum Gasteiger partial charge on any atom is 0.269 e. The van der Waals surface area contributed by atoms with Gasteiger partial charge in [-0.2, -0.15) is 0 Å². The first-order valence-electron chi connectivity index (χ1n) is 10.3. The molecule has 1 atom stereocenters. The van der Waals surface area contributed by atoms with Gasteiger partial charge in [0.15, 0.2) is 0 Å². The average Bonchev–Trinajstić information content (AvgIpc) is 2.74. The Labute approximate surface area is 204 Å². The number of nitro groups is 1. The summed E-state index contributed by atoms with van der Waals surface area (Å²) < 4.78 is 0. The van der Waals surface area contributed by atoms with E-state index in [0.717, 1.165) is 54.1 Å². The van der Waals surface area contributed by atoms with Crippen molar-refractivity contribution in [1.29, 1.82) is 0 Å². The predicted molar refractivity (Wildman–Crippen MR) is 134 cm³/mol. The number of pyridine rings is 1. The Kier molecular flexibility index (Phi) is 9.67. The molecular formula is C23H27Cl3N4O2. The van der Waals surface area contributed by atoms with Gasteiger partial charge in [-0.05, 0) is 61.4 Å². The fraction of sp³-hybridized carbons (Fsp3) is 0.348. The van der Waals surface area contributed by atoms with E-state index >= 15 is 0 Å². The predicted octanol–water partition coefficient (Wildman–Crippen LogP) is 5.78. The Bertz CT molecular complexity index is 1040. The first-order valence-corrected chi connectivity index (χ1v) is 10.7. The van der Waals surface area contributed by atoms with Gasteiger partial charge in [0.05, 0.1) is 10.4 Å². The summed E-state index contributed by atoms with van der Waals surface area (Å²) in [6.07, 6.45) is 6.68. The summed E-state index contributed by atoms with van der Waals surface area (Å²) in [6, 6.07) is 15.4. The number of non-ortho nitro benzene ring substituents is 1. The number of rotatable bonds is 6. The van der Waals surface area contributed by atoms with Crippen LogP contribution in [0, 0.1) is 10.1 Å². The minimum absolute atomic E-state index is 0. The molecule has 1 unspecified atom stereocenters. The highest BCUT2D eigenvalue weighted by Gasteiger charge is 2.24. The molecule has 1 saturated carbocycles. The molecule has 1 aliphatic carbocycles. The molecule has 0 radical (unpaired) electrons. The van der Waals surface area contributed by atoms with Crippen LogP contribution in [0.25, 0.3) is 10.9 Å². The van der Waals surface area contributed by atoms with Crippen molar-refractivity contribution in [2.75, 3.05) is 0 Å². The lowest BCUT2D eigenvalue weighted by Gasteiger charge is -2.31. The van der Waals surface area contributed by atoms with Crippen molar-refractivity contribution in [3.8, 4) is 0 Å². The van der Waals surface area contributed by atoms with Gasteiger partial charge in [0.1, 0.15) is 0 Å². The monoisotopic (exact) mass is 496 g/mol. The van der Waals surface area contributed by atoms with Crippen molar-refractivity contribution >= 4 is 53.0 Å². The normalized spacial score (nSPS) is 18.9. The van der Waals surface area contributed by atoms with Gasteiger partial charge in [0, 0.05) is 46.9 Å². The minimum atomic E-state index is -0.370. The van der Waals surface area contributed by atoms with Crippen LogP contribution < -0.4 is 11.1 Å². The van der Waals surface area contributed by atoms with Crippen LogP contribution in [0.5, 0.6) is 0 Å². The number of benzene rings is 2. The lowest BCUT2D eigenvalue weighted by atomic mass is 9.89. The fourth-order valence-corrected chi connectivity index (χ4v) is 4.43. The summed E-state index contributed by atoms with van der Waals surface area (Å²) in [5.41, 5.74) is 9.26. The number of nitrogens with zero attached hydrogens (tertiary/aromatic N) is 2. The van der Waals surface area contributed by atoms with Crippen LogP contribution in [0.1, 0.15) is 42.9 Å². The van der Waals surface area contributed by atoms with E-state index in [9.17, 15) is 10.1 Å². The molecule has 1 aliphatic rings. The highest BCUT2D eigenvalue weighted by Crippen LogP contribution is 2.30. The molecule has 1 heterocycles. The minimum Gasteiger partial charge on any atom is -0.328 e. The van der Waals surface area contributed by atoms with Crippen LogP contribution in [0.4, 0.5) is 5.69 Å². The lowest BCUT2D eigenvalue weighted by Crippen LogP contribution is -2.40. The van der Waals surface area contributed by atoms with E-state index < -0.39 is 0 Å². The first-order chi connectivity index (χ1) is 14.5. The van der Waals surface area contributed by atoms with Gasteiger partial charge in [-0.25, -0.2) is 0 Å². The Morgan fingerprint density at radius 2 is 1.78 bits per heavy atom. The summed E-state index contributed by atoms with van der Waals surface area (Å²) in [5.74, 6) is 0. The van der Waals surface area contributed by atoms with Crippen LogP contribution in [0.3, 0.4) is 0 Å². The molecule has 172 valence electrons. The van der Waals surface area contributed by atoms with Gasteiger partial charge in [-0.15, -0.1) is 24.8 Å². The molecule has 1 fully saturated rings. The molecule has 3 N–H and O–H groups in total. The van der Waals surface area contributed by atoms with Crippen LogP contribution in [-0.4, -0.2) is 22.0 Å². The zero-order chi connectivity index (χ0) is 21.1. The first kappa shape index (κ1) is 26.3. The van der Waals surface area contributed by atoms with E-state index in [2.05, 4.69) is 10.3 Å². The van der Waals surface area contributed by atoms with Crippen LogP contribution in [0.15, 0.2) is 54.7 Å². The van der Waals surface area contributed by atoms with Gasteiger partial charge in [0.25, 0.3) is 5.69 Å². The van der Waals surface area contributed by atoms with Gasteiger partial charge in [-0.1, -0.05) is 29.8 Å². The van der Waals surface area contributed by atoms with E-state index in [1.165, 1.54) is 0 Å². The van der Waals surface area contributed by atoms with E-state index in [1.807, 2.05) is 42.6 Å². The number of nitrogens with one attached hydrogen (secondary N) is 1. The summed E-state index contributed by atoms with van der Waals surface area (Å²) in [4.78, 5) is 15.1. The Hall–Kier alpha value is -1.96. The van der Waals surface area contributed by atoms with Crippen molar-refractivity contribution in [3.05, 3.63) is 81.0 Å². The van der Waals surface area contributed by atoms with E-state index in [1.54, 1.807) is 12.1 Å².